The first-order valence-corrected chi connectivity index (χ1v) is 5.00. The van der Waals surface area contributed by atoms with Gasteiger partial charge in [-0.25, -0.2) is 9.59 Å². The third-order valence-corrected chi connectivity index (χ3v) is 3.38. The number of hydrogen-bond acceptors (Lipinski definition) is 2. The second kappa shape index (κ2) is 3.29. The number of hydrogen-bond donors (Lipinski definition) is 2. The van der Waals surface area contributed by atoms with Gasteiger partial charge in [0.1, 0.15) is 0 Å². The van der Waals surface area contributed by atoms with Crippen molar-refractivity contribution in [3.63, 3.8) is 0 Å². The van der Waals surface area contributed by atoms with E-state index in [1.54, 1.807) is 0 Å². The predicted molar refractivity (Wildman–Crippen MR) is 50.8 cm³/mol. The summed E-state index contributed by atoms with van der Waals surface area (Å²) in [6, 6.07) is -0.329. The lowest BCUT2D eigenvalue weighted by Crippen LogP contribution is -2.57. The molecule has 2 aliphatic heterocycles. The number of carbonyl (C=O) groups is 2. The van der Waals surface area contributed by atoms with E-state index < -0.39 is 12.2 Å². The first-order valence-electron chi connectivity index (χ1n) is 5.00. The summed E-state index contributed by atoms with van der Waals surface area (Å²) < 4.78 is 0. The molecular formula is C9H14N2O4. The number of nitrogens with zero attached hydrogens (tertiary/aromatic N) is 2. The van der Waals surface area contributed by atoms with Crippen LogP contribution in [0.25, 0.3) is 0 Å². The Balaban J connectivity index is 2.18. The van der Waals surface area contributed by atoms with E-state index in [2.05, 4.69) is 0 Å². The van der Waals surface area contributed by atoms with Gasteiger partial charge in [0.05, 0.1) is 12.1 Å². The van der Waals surface area contributed by atoms with E-state index >= 15 is 0 Å². The van der Waals surface area contributed by atoms with Crippen LogP contribution in [0, 0.1) is 5.92 Å². The molecule has 0 aromatic rings. The largest absolute Gasteiger partial charge is 0.465 e. The molecule has 3 unspecified atom stereocenters. The van der Waals surface area contributed by atoms with Gasteiger partial charge in [0.25, 0.3) is 0 Å². The Morgan fingerprint density at radius 1 is 1.20 bits per heavy atom. The van der Waals surface area contributed by atoms with Gasteiger partial charge in [0.2, 0.25) is 0 Å². The Kier molecular flexibility index (Phi) is 2.21. The van der Waals surface area contributed by atoms with Crippen LogP contribution >= 0.6 is 0 Å². The normalized spacial score (nSPS) is 34.3. The Labute approximate surface area is 87.1 Å². The lowest BCUT2D eigenvalue weighted by molar-refractivity contribution is 0.0552. The quantitative estimate of drug-likeness (QED) is 0.623. The van der Waals surface area contributed by atoms with E-state index in [0.29, 0.717) is 13.1 Å². The van der Waals surface area contributed by atoms with E-state index in [1.807, 2.05) is 6.92 Å². The monoisotopic (exact) mass is 214 g/mol. The smallest absolute Gasteiger partial charge is 0.407 e. The van der Waals surface area contributed by atoms with E-state index in [1.165, 1.54) is 9.80 Å². The summed E-state index contributed by atoms with van der Waals surface area (Å²) in [5, 5.41) is 17.9. The van der Waals surface area contributed by atoms with Gasteiger partial charge >= 0.3 is 12.2 Å². The summed E-state index contributed by atoms with van der Waals surface area (Å²) in [5.74, 6) is 0.246. The van der Waals surface area contributed by atoms with Crippen LogP contribution in [0.5, 0.6) is 0 Å². The lowest BCUT2D eigenvalue weighted by Gasteiger charge is -2.38. The number of carboxylic acid groups (broad SMARTS) is 2. The van der Waals surface area contributed by atoms with Crippen molar-refractivity contribution in [1.82, 2.24) is 9.80 Å². The van der Waals surface area contributed by atoms with E-state index in [4.69, 9.17) is 10.2 Å². The number of piperazine rings is 1. The van der Waals surface area contributed by atoms with Gasteiger partial charge in [-0.05, 0) is 12.3 Å². The lowest BCUT2D eigenvalue weighted by atomic mass is 10.0. The minimum atomic E-state index is -0.955. The SMILES string of the molecule is CC1CC2CN(C(=O)O)CC1N2C(=O)O. The van der Waals surface area contributed by atoms with Crippen molar-refractivity contribution >= 4 is 12.2 Å². The topological polar surface area (TPSA) is 81.1 Å². The molecule has 15 heavy (non-hydrogen) atoms. The zero-order valence-corrected chi connectivity index (χ0v) is 8.46. The Morgan fingerprint density at radius 2 is 1.87 bits per heavy atom. The maximum Gasteiger partial charge on any atom is 0.407 e. The maximum atomic E-state index is 11.0. The second-order valence-electron chi connectivity index (χ2n) is 4.31. The van der Waals surface area contributed by atoms with Crippen molar-refractivity contribution in [3.05, 3.63) is 0 Å². The molecule has 0 aliphatic carbocycles. The fourth-order valence-corrected chi connectivity index (χ4v) is 2.68. The number of rotatable bonds is 0. The molecule has 2 heterocycles. The predicted octanol–water partition coefficient (Wildman–Crippen LogP) is 0.737. The molecule has 2 bridgehead atoms. The molecular weight excluding hydrogens is 200 g/mol. The molecule has 3 atom stereocenters. The van der Waals surface area contributed by atoms with Crippen LogP contribution in [0.3, 0.4) is 0 Å². The van der Waals surface area contributed by atoms with Crippen molar-refractivity contribution in [2.75, 3.05) is 13.1 Å². The van der Waals surface area contributed by atoms with Gasteiger partial charge < -0.3 is 15.1 Å². The van der Waals surface area contributed by atoms with Crippen molar-refractivity contribution < 1.29 is 19.8 Å². The molecule has 0 aromatic heterocycles. The van der Waals surface area contributed by atoms with Crippen molar-refractivity contribution in [2.45, 2.75) is 25.4 Å². The summed E-state index contributed by atoms with van der Waals surface area (Å²) in [7, 11) is 0. The van der Waals surface area contributed by atoms with Crippen molar-refractivity contribution in [1.29, 1.82) is 0 Å². The highest BCUT2D eigenvalue weighted by molar-refractivity contribution is 5.69. The number of amides is 2. The van der Waals surface area contributed by atoms with Gasteiger partial charge in [-0.3, -0.25) is 4.90 Å². The molecule has 0 spiro atoms. The molecule has 2 N–H and O–H groups in total. The minimum absolute atomic E-state index is 0.160. The molecule has 2 saturated heterocycles. The average Bonchev–Trinajstić information content (AvgIpc) is 2.34. The van der Waals surface area contributed by atoms with Gasteiger partial charge in [0.15, 0.2) is 0 Å². The third-order valence-electron chi connectivity index (χ3n) is 3.38. The summed E-state index contributed by atoms with van der Waals surface area (Å²) in [6.07, 6.45) is -1.12. The number of fused-ring (bicyclic) bond motifs is 2. The molecule has 2 rings (SSSR count). The molecule has 2 aliphatic rings. The highest BCUT2D eigenvalue weighted by Gasteiger charge is 2.47. The molecule has 6 heteroatoms. The van der Waals surface area contributed by atoms with Gasteiger partial charge in [0, 0.05) is 13.1 Å². The first kappa shape index (κ1) is 10.1. The fraction of sp³-hybridized carbons (Fsp3) is 0.778. The van der Waals surface area contributed by atoms with Crippen molar-refractivity contribution in [3.8, 4) is 0 Å². The third kappa shape index (κ3) is 1.49. The van der Waals surface area contributed by atoms with E-state index in [9.17, 15) is 9.59 Å². The van der Waals surface area contributed by atoms with Gasteiger partial charge in [-0.15, -0.1) is 0 Å². The summed E-state index contributed by atoms with van der Waals surface area (Å²) in [4.78, 5) is 24.6. The molecule has 0 radical (unpaired) electrons. The minimum Gasteiger partial charge on any atom is -0.465 e. The zero-order valence-electron chi connectivity index (χ0n) is 8.46. The molecule has 0 saturated carbocycles. The van der Waals surface area contributed by atoms with Crippen LogP contribution in [-0.4, -0.2) is 57.4 Å². The molecule has 0 aromatic carbocycles. The van der Waals surface area contributed by atoms with Crippen LogP contribution in [0.15, 0.2) is 0 Å². The van der Waals surface area contributed by atoms with Gasteiger partial charge in [-0.1, -0.05) is 6.92 Å². The maximum absolute atomic E-state index is 11.0. The van der Waals surface area contributed by atoms with Crippen molar-refractivity contribution in [2.24, 2.45) is 5.92 Å². The first-order chi connectivity index (χ1) is 7.00. The molecule has 6 nitrogen and oxygen atoms in total. The second-order valence-corrected chi connectivity index (χ2v) is 4.31. The van der Waals surface area contributed by atoms with Crippen LogP contribution < -0.4 is 0 Å². The number of likely N-dealkylation sites (tertiary alicyclic amines) is 1. The Hall–Kier alpha value is -1.46. The highest BCUT2D eigenvalue weighted by Crippen LogP contribution is 2.34. The summed E-state index contributed by atoms with van der Waals surface area (Å²) >= 11 is 0. The highest BCUT2D eigenvalue weighted by atomic mass is 16.4. The van der Waals surface area contributed by atoms with Gasteiger partial charge in [-0.2, -0.15) is 0 Å². The van der Waals surface area contributed by atoms with Crippen LogP contribution in [0.4, 0.5) is 9.59 Å². The van der Waals surface area contributed by atoms with Crippen LogP contribution in [-0.2, 0) is 0 Å². The standard InChI is InChI=1S/C9H14N2O4/c1-5-2-6-3-10(8(12)13)4-7(5)11(6)9(14)15/h5-7H,2-4H2,1H3,(H,12,13)(H,14,15). The Morgan fingerprint density at radius 3 is 2.33 bits per heavy atom. The average molecular weight is 214 g/mol. The van der Waals surface area contributed by atoms with E-state index in [-0.39, 0.29) is 18.0 Å². The zero-order chi connectivity index (χ0) is 11.2. The molecule has 84 valence electrons. The van der Waals surface area contributed by atoms with E-state index in [0.717, 1.165) is 6.42 Å². The molecule has 2 fully saturated rings. The van der Waals surface area contributed by atoms with Crippen LogP contribution in [0.2, 0.25) is 0 Å². The Bertz CT molecular complexity index is 306. The molecule has 2 amide bonds. The summed E-state index contributed by atoms with van der Waals surface area (Å²) in [5.41, 5.74) is 0. The fourth-order valence-electron chi connectivity index (χ4n) is 2.68. The van der Waals surface area contributed by atoms with Crippen LogP contribution in [0.1, 0.15) is 13.3 Å². The summed E-state index contributed by atoms with van der Waals surface area (Å²) in [6.45, 7) is 2.59.